The lowest BCUT2D eigenvalue weighted by molar-refractivity contribution is 0.627. The van der Waals surface area contributed by atoms with Crippen LogP contribution in [0.5, 0.6) is 0 Å². The van der Waals surface area contributed by atoms with Gasteiger partial charge in [0, 0.05) is 0 Å². The van der Waals surface area contributed by atoms with E-state index < -0.39 is 0 Å². The molecule has 8 aromatic rings. The van der Waals surface area contributed by atoms with E-state index in [4.69, 9.17) is 0 Å². The number of halogens is 4. The average molecular weight is 579 g/mol. The first-order valence-electron chi connectivity index (χ1n) is 14.3. The van der Waals surface area contributed by atoms with Crippen molar-refractivity contribution in [3.05, 3.63) is 157 Å². The van der Waals surface area contributed by atoms with Gasteiger partial charge in [-0.1, -0.05) is 78.9 Å². The molecule has 0 bridgehead atoms. The van der Waals surface area contributed by atoms with E-state index in [0.717, 1.165) is 76.8 Å². The number of benzene rings is 8. The minimum atomic E-state index is -0.370. The van der Waals surface area contributed by atoms with E-state index in [1.807, 2.05) is 6.07 Å². The summed E-state index contributed by atoms with van der Waals surface area (Å²) in [5.41, 5.74) is 6.48. The monoisotopic (exact) mass is 578 g/mol. The highest BCUT2D eigenvalue weighted by Gasteiger charge is 2.26. The first-order valence-corrected chi connectivity index (χ1v) is 14.3. The molecule has 0 amide bonds. The normalized spacial score (nSPS) is 11.6. The molecule has 8 aromatic carbocycles. The van der Waals surface area contributed by atoms with Crippen LogP contribution in [0.3, 0.4) is 0 Å². The first kappa shape index (κ1) is 26.2. The van der Waals surface area contributed by atoms with E-state index in [2.05, 4.69) is 30.3 Å². The molecule has 8 rings (SSSR count). The maximum absolute atomic E-state index is 14.4. The van der Waals surface area contributed by atoms with Crippen LogP contribution in [0.15, 0.2) is 133 Å². The fraction of sp³-hybridized carbons (Fsp3) is 0. The van der Waals surface area contributed by atoms with Crippen LogP contribution >= 0.6 is 0 Å². The Balaban J connectivity index is 1.69. The van der Waals surface area contributed by atoms with Crippen molar-refractivity contribution in [2.24, 2.45) is 0 Å². The lowest BCUT2D eigenvalue weighted by atomic mass is 9.77. The molecule has 0 aliphatic heterocycles. The number of hydrogen-bond acceptors (Lipinski definition) is 0. The van der Waals surface area contributed by atoms with Gasteiger partial charge in [-0.05, 0) is 131 Å². The molecule has 0 heterocycles. The highest BCUT2D eigenvalue weighted by molar-refractivity contribution is 6.34. The minimum Gasteiger partial charge on any atom is -0.207 e. The topological polar surface area (TPSA) is 0 Å². The van der Waals surface area contributed by atoms with Gasteiger partial charge in [0.2, 0.25) is 0 Å². The summed E-state index contributed by atoms with van der Waals surface area (Å²) in [4.78, 5) is 0. The third kappa shape index (κ3) is 4.14. The molecule has 0 radical (unpaired) electrons. The van der Waals surface area contributed by atoms with Crippen molar-refractivity contribution in [1.82, 2.24) is 0 Å². The van der Waals surface area contributed by atoms with Crippen molar-refractivity contribution in [2.45, 2.75) is 0 Å². The highest BCUT2D eigenvalue weighted by atomic mass is 19.1. The molecule has 0 spiro atoms. The minimum absolute atomic E-state index is 0.338. The Morgan fingerprint density at radius 1 is 0.318 bits per heavy atom. The number of rotatable bonds is 4. The van der Waals surface area contributed by atoms with Crippen molar-refractivity contribution in [3.63, 3.8) is 0 Å². The van der Waals surface area contributed by atoms with Crippen LogP contribution < -0.4 is 0 Å². The first-order chi connectivity index (χ1) is 21.5. The fourth-order valence-corrected chi connectivity index (χ4v) is 6.59. The molecule has 0 fully saturated rings. The zero-order valence-electron chi connectivity index (χ0n) is 23.2. The summed E-state index contributed by atoms with van der Waals surface area (Å²) in [6.45, 7) is 0. The SMILES string of the molecule is Fc1ccc(-c2c(-c3ccc(F)cc3)c3ccc4cccc5cc(-c6ccc(F)cc6)c(c2-c2ccc(F)cc2)c3c45)cc1. The summed E-state index contributed by atoms with van der Waals surface area (Å²) in [6.07, 6.45) is 0. The lowest BCUT2D eigenvalue weighted by Crippen LogP contribution is -1.98. The van der Waals surface area contributed by atoms with Crippen LogP contribution in [0.1, 0.15) is 0 Å². The highest BCUT2D eigenvalue weighted by Crippen LogP contribution is 2.53. The molecule has 0 saturated heterocycles. The van der Waals surface area contributed by atoms with Crippen LogP contribution in [0.2, 0.25) is 0 Å². The quantitative estimate of drug-likeness (QED) is 0.144. The largest absolute Gasteiger partial charge is 0.207 e. The summed E-state index contributed by atoms with van der Waals surface area (Å²) in [5.74, 6) is -1.43. The Bertz CT molecular complexity index is 2320. The second-order valence-corrected chi connectivity index (χ2v) is 11.0. The van der Waals surface area contributed by atoms with Gasteiger partial charge < -0.3 is 0 Å². The second-order valence-electron chi connectivity index (χ2n) is 11.0. The van der Waals surface area contributed by atoms with Crippen LogP contribution in [0.4, 0.5) is 17.6 Å². The van der Waals surface area contributed by atoms with Crippen LogP contribution in [0, 0.1) is 23.3 Å². The summed E-state index contributed by atoms with van der Waals surface area (Å²) in [5, 5.41) is 5.96. The molecular formula is C40H22F4. The van der Waals surface area contributed by atoms with E-state index in [1.54, 1.807) is 48.5 Å². The van der Waals surface area contributed by atoms with Crippen molar-refractivity contribution in [1.29, 1.82) is 0 Å². The molecule has 0 saturated carbocycles. The van der Waals surface area contributed by atoms with Gasteiger partial charge in [-0.15, -0.1) is 0 Å². The fourth-order valence-electron chi connectivity index (χ4n) is 6.59. The molecule has 0 atom stereocenters. The Hall–Kier alpha value is -5.48. The third-order valence-electron chi connectivity index (χ3n) is 8.47. The lowest BCUT2D eigenvalue weighted by Gasteiger charge is -2.25. The van der Waals surface area contributed by atoms with Gasteiger partial charge in [0.25, 0.3) is 0 Å². The Morgan fingerprint density at radius 3 is 1.32 bits per heavy atom. The van der Waals surface area contributed by atoms with Crippen LogP contribution in [0.25, 0.3) is 76.8 Å². The van der Waals surface area contributed by atoms with Gasteiger partial charge in [0.15, 0.2) is 0 Å². The number of hydrogen-bond donors (Lipinski definition) is 0. The van der Waals surface area contributed by atoms with Gasteiger partial charge in [-0.25, -0.2) is 17.6 Å². The maximum atomic E-state index is 14.4. The standard InChI is InChI=1S/C40H22F4/c41-29-13-4-23(5-14-29)34-22-28-3-1-2-24-12-21-33-36(25-6-15-30(42)16-7-25)37(26-8-17-31(43)18-9-26)38(40(34)39(33)35(24)28)27-10-19-32(44)20-11-27/h1-22H. The molecule has 0 aliphatic carbocycles. The van der Waals surface area contributed by atoms with Gasteiger partial charge in [-0.2, -0.15) is 0 Å². The molecular weight excluding hydrogens is 556 g/mol. The van der Waals surface area contributed by atoms with Crippen molar-refractivity contribution in [2.75, 3.05) is 0 Å². The smallest absolute Gasteiger partial charge is 0.123 e. The van der Waals surface area contributed by atoms with Crippen molar-refractivity contribution >= 4 is 32.3 Å². The predicted octanol–water partition coefficient (Wildman–Crippen LogP) is 11.8. The third-order valence-corrected chi connectivity index (χ3v) is 8.47. The van der Waals surface area contributed by atoms with Gasteiger partial charge in [0.1, 0.15) is 23.3 Å². The van der Waals surface area contributed by atoms with Gasteiger partial charge >= 0.3 is 0 Å². The van der Waals surface area contributed by atoms with E-state index in [9.17, 15) is 17.6 Å². The summed E-state index contributed by atoms with van der Waals surface area (Å²) in [7, 11) is 0. The Morgan fingerprint density at radius 2 is 0.773 bits per heavy atom. The Labute approximate surface area is 250 Å². The molecule has 0 unspecified atom stereocenters. The van der Waals surface area contributed by atoms with E-state index in [-0.39, 0.29) is 23.3 Å². The van der Waals surface area contributed by atoms with Gasteiger partial charge in [-0.3, -0.25) is 0 Å². The summed E-state index contributed by atoms with van der Waals surface area (Å²) >= 11 is 0. The van der Waals surface area contributed by atoms with Crippen LogP contribution in [-0.2, 0) is 0 Å². The summed E-state index contributed by atoms with van der Waals surface area (Å²) in [6, 6.07) is 37.9. The zero-order valence-corrected chi connectivity index (χ0v) is 23.2. The molecule has 44 heavy (non-hydrogen) atoms. The molecule has 0 aliphatic rings. The molecule has 0 aromatic heterocycles. The Kier molecular flexibility index (Phi) is 5.98. The zero-order chi connectivity index (χ0) is 29.9. The van der Waals surface area contributed by atoms with Crippen molar-refractivity contribution in [3.8, 4) is 44.5 Å². The predicted molar refractivity (Wildman–Crippen MR) is 172 cm³/mol. The van der Waals surface area contributed by atoms with E-state index in [1.165, 1.54) is 48.5 Å². The van der Waals surface area contributed by atoms with Gasteiger partial charge in [0.05, 0.1) is 0 Å². The molecule has 0 nitrogen and oxygen atoms in total. The van der Waals surface area contributed by atoms with E-state index in [0.29, 0.717) is 0 Å². The molecule has 0 N–H and O–H groups in total. The molecule has 4 heteroatoms. The second kappa shape index (κ2) is 10.1. The maximum Gasteiger partial charge on any atom is 0.123 e. The molecule has 210 valence electrons. The van der Waals surface area contributed by atoms with Crippen LogP contribution in [-0.4, -0.2) is 0 Å². The summed E-state index contributed by atoms with van der Waals surface area (Å²) < 4.78 is 57.1. The van der Waals surface area contributed by atoms with Crippen molar-refractivity contribution < 1.29 is 17.6 Å². The van der Waals surface area contributed by atoms with E-state index >= 15 is 0 Å². The average Bonchev–Trinajstić information content (AvgIpc) is 3.04.